The third-order valence-electron chi connectivity index (χ3n) is 9.43. The molecular weight excluding hydrogens is 599 g/mol. The molecule has 8 aromatic rings. The van der Waals surface area contributed by atoms with Gasteiger partial charge >= 0.3 is 0 Å². The number of rotatable bonds is 6. The first kappa shape index (κ1) is 29.0. The number of para-hydroxylation sites is 2. The summed E-state index contributed by atoms with van der Waals surface area (Å²) in [6.45, 7) is 8.33. The van der Waals surface area contributed by atoms with Crippen LogP contribution in [0.15, 0.2) is 176 Å². The van der Waals surface area contributed by atoms with Crippen molar-refractivity contribution in [3.63, 3.8) is 0 Å². The molecule has 0 unspecified atom stereocenters. The summed E-state index contributed by atoms with van der Waals surface area (Å²) >= 11 is 0. The Balaban J connectivity index is 1.39. The highest BCUT2D eigenvalue weighted by Crippen LogP contribution is 2.37. The molecule has 0 saturated heterocycles. The number of hydrogen-bond donors (Lipinski definition) is 0. The lowest BCUT2D eigenvalue weighted by molar-refractivity contribution is 1.18. The minimum absolute atomic E-state index is 0.509. The fourth-order valence-electron chi connectivity index (χ4n) is 7.42. The molecule has 4 heteroatoms. The second-order valence-electron chi connectivity index (χ2n) is 11.9. The first-order valence-corrected chi connectivity index (χ1v) is 18.0. The van der Waals surface area contributed by atoms with Crippen LogP contribution in [0.5, 0.6) is 0 Å². The maximum Gasteiger partial charge on any atom is 0.197 e. The minimum Gasteiger partial charge on any atom is -0.311 e. The van der Waals surface area contributed by atoms with Crippen LogP contribution < -0.4 is 20.7 Å². The largest absolute Gasteiger partial charge is 0.311 e. The monoisotopic (exact) mass is 627 g/mol. The Hall–Kier alpha value is -6.46. The van der Waals surface area contributed by atoms with Crippen LogP contribution in [-0.4, -0.2) is 12.6 Å². The fraction of sp³-hybridized carbons (Fsp3) is 0. The van der Waals surface area contributed by atoms with E-state index in [0.29, 0.717) is 11.3 Å². The van der Waals surface area contributed by atoms with E-state index in [1.807, 2.05) is 36.4 Å². The molecule has 3 nitrogen and oxygen atoms in total. The van der Waals surface area contributed by atoms with Gasteiger partial charge in [0, 0.05) is 16.5 Å². The molecule has 0 saturated carbocycles. The molecule has 0 atom stereocenters. The van der Waals surface area contributed by atoms with Crippen LogP contribution >= 0.6 is 0 Å². The van der Waals surface area contributed by atoms with Crippen molar-refractivity contribution in [3.8, 4) is 22.9 Å². The topological polar surface area (TPSA) is 33.1 Å². The molecule has 1 aromatic heterocycles. The van der Waals surface area contributed by atoms with Crippen LogP contribution in [-0.2, 0) is 0 Å². The average molecular weight is 628 g/mol. The molecule has 1 heterocycles. The average Bonchev–Trinajstić information content (AvgIpc) is 3.50. The zero-order valence-corrected chi connectivity index (χ0v) is 27.1. The summed E-state index contributed by atoms with van der Waals surface area (Å²) < 4.78 is 2.23. The van der Waals surface area contributed by atoms with Crippen LogP contribution in [0.2, 0.25) is 0 Å². The van der Waals surface area contributed by atoms with Gasteiger partial charge in [-0.2, -0.15) is 5.26 Å². The predicted molar refractivity (Wildman–Crippen MR) is 201 cm³/mol. The first-order valence-electron chi connectivity index (χ1n) is 16.0. The van der Waals surface area contributed by atoms with Gasteiger partial charge in [-0.05, 0) is 56.1 Å². The number of benzene rings is 7. The third kappa shape index (κ3) is 4.48. The van der Waals surface area contributed by atoms with Gasteiger partial charge in [-0.3, -0.25) is 0 Å². The van der Waals surface area contributed by atoms with E-state index in [1.54, 1.807) is 0 Å². The maximum absolute atomic E-state index is 11.1. The highest BCUT2D eigenvalue weighted by Gasteiger charge is 2.43. The van der Waals surface area contributed by atoms with E-state index in [9.17, 15) is 5.26 Å². The minimum atomic E-state index is -2.98. The molecule has 7 aromatic carbocycles. The van der Waals surface area contributed by atoms with Crippen LogP contribution in [0.25, 0.3) is 43.5 Å². The van der Waals surface area contributed by atoms with Crippen molar-refractivity contribution in [2.75, 3.05) is 0 Å². The van der Waals surface area contributed by atoms with Gasteiger partial charge in [0.05, 0.1) is 29.2 Å². The standard InChI is InChI=1S/C44H29N3Si/c1-46-41-30-32(47-42-25-13-11-22-38(42)39-23-12-14-26-43(39)47)28-29-37(41)36-24-15-27-44(40(36)31-45)48(33-16-5-2-6-17-33,34-18-7-3-8-19-34)35-20-9-4-10-21-35/h2-30H. The van der Waals surface area contributed by atoms with Crippen molar-refractivity contribution in [1.29, 1.82) is 5.26 Å². The highest BCUT2D eigenvalue weighted by molar-refractivity contribution is 7.20. The second-order valence-corrected chi connectivity index (χ2v) is 15.6. The van der Waals surface area contributed by atoms with E-state index in [0.717, 1.165) is 33.0 Å². The lowest BCUT2D eigenvalue weighted by atomic mass is 9.98. The predicted octanol–water partition coefficient (Wildman–Crippen LogP) is 8.25. The van der Waals surface area contributed by atoms with Gasteiger partial charge in [0.25, 0.3) is 0 Å². The van der Waals surface area contributed by atoms with E-state index in [2.05, 4.69) is 155 Å². The van der Waals surface area contributed by atoms with Crippen molar-refractivity contribution in [2.45, 2.75) is 0 Å². The van der Waals surface area contributed by atoms with E-state index in [4.69, 9.17) is 6.57 Å². The first-order chi connectivity index (χ1) is 23.8. The molecule has 0 radical (unpaired) electrons. The Morgan fingerprint density at radius 2 is 1.02 bits per heavy atom. The summed E-state index contributed by atoms with van der Waals surface area (Å²) in [6.07, 6.45) is 0. The SMILES string of the molecule is [C-]#[N+]c1cc(-n2c3ccccc3c3ccccc32)ccc1-c1cccc([Si](c2ccccc2)(c2ccccc2)c2ccccc2)c1C#N. The molecule has 48 heavy (non-hydrogen) atoms. The Bertz CT molecular complexity index is 2370. The normalized spacial score (nSPS) is 11.3. The summed E-state index contributed by atoms with van der Waals surface area (Å²) in [7, 11) is -2.98. The highest BCUT2D eigenvalue weighted by atomic mass is 28.3. The summed E-state index contributed by atoms with van der Waals surface area (Å²) in [5.74, 6) is 0. The van der Waals surface area contributed by atoms with Gasteiger partial charge in [0.1, 0.15) is 0 Å². The molecule has 0 aliphatic rings. The van der Waals surface area contributed by atoms with Crippen LogP contribution in [0.4, 0.5) is 5.69 Å². The quantitative estimate of drug-likeness (QED) is 0.104. The Labute approximate surface area is 281 Å². The maximum atomic E-state index is 11.1. The van der Waals surface area contributed by atoms with Crippen molar-refractivity contribution in [2.24, 2.45) is 0 Å². The molecule has 0 aliphatic carbocycles. The Morgan fingerprint density at radius 1 is 0.521 bits per heavy atom. The van der Waals surface area contributed by atoms with E-state index < -0.39 is 8.07 Å². The van der Waals surface area contributed by atoms with Crippen molar-refractivity contribution >= 4 is 56.3 Å². The molecule has 0 N–H and O–H groups in total. The summed E-state index contributed by atoms with van der Waals surface area (Å²) in [4.78, 5) is 4.06. The second kappa shape index (κ2) is 12.0. The lowest BCUT2D eigenvalue weighted by Crippen LogP contribution is -2.75. The van der Waals surface area contributed by atoms with Gasteiger partial charge in [0.2, 0.25) is 0 Å². The molecule has 0 fully saturated rings. The smallest absolute Gasteiger partial charge is 0.197 e. The zero-order valence-electron chi connectivity index (χ0n) is 26.1. The molecular formula is C44H29N3Si. The van der Waals surface area contributed by atoms with Crippen molar-refractivity contribution in [1.82, 2.24) is 4.57 Å². The van der Waals surface area contributed by atoms with Crippen LogP contribution in [0, 0.1) is 17.9 Å². The van der Waals surface area contributed by atoms with E-state index in [-0.39, 0.29) is 0 Å². The lowest BCUT2D eigenvalue weighted by Gasteiger charge is -2.35. The van der Waals surface area contributed by atoms with E-state index in [1.165, 1.54) is 26.3 Å². The third-order valence-corrected chi connectivity index (χ3v) is 14.3. The van der Waals surface area contributed by atoms with Crippen molar-refractivity contribution < 1.29 is 0 Å². The zero-order chi connectivity index (χ0) is 32.5. The molecule has 224 valence electrons. The molecule has 0 aliphatic heterocycles. The number of nitrogens with zero attached hydrogens (tertiary/aromatic N) is 3. The van der Waals surface area contributed by atoms with Gasteiger partial charge in [-0.15, -0.1) is 0 Å². The number of hydrogen-bond acceptors (Lipinski definition) is 1. The van der Waals surface area contributed by atoms with Crippen LogP contribution in [0.3, 0.4) is 0 Å². The summed E-state index contributed by atoms with van der Waals surface area (Å²) in [5, 5.41) is 18.0. The molecule has 0 spiro atoms. The van der Waals surface area contributed by atoms with Gasteiger partial charge in [-0.1, -0.05) is 152 Å². The van der Waals surface area contributed by atoms with Crippen molar-refractivity contribution in [3.05, 3.63) is 193 Å². The Kier molecular flexibility index (Phi) is 7.27. The molecule has 8 rings (SSSR count). The van der Waals surface area contributed by atoms with Gasteiger partial charge in [0.15, 0.2) is 13.8 Å². The molecule has 0 amide bonds. The van der Waals surface area contributed by atoms with Crippen LogP contribution in [0.1, 0.15) is 5.56 Å². The van der Waals surface area contributed by atoms with E-state index >= 15 is 0 Å². The van der Waals surface area contributed by atoms with Gasteiger partial charge in [-0.25, -0.2) is 4.85 Å². The van der Waals surface area contributed by atoms with Gasteiger partial charge < -0.3 is 4.57 Å². The number of nitriles is 1. The Morgan fingerprint density at radius 3 is 1.52 bits per heavy atom. The number of aromatic nitrogens is 1. The summed E-state index contributed by atoms with van der Waals surface area (Å²) in [6, 6.07) is 63.5. The fourth-order valence-corrected chi connectivity index (χ4v) is 12.3. The summed E-state index contributed by atoms with van der Waals surface area (Å²) in [5.41, 5.74) is 5.74. The number of fused-ring (bicyclic) bond motifs is 3. The molecule has 0 bridgehead atoms.